The maximum atomic E-state index is 13.2. The molecule has 56 heavy (non-hydrogen) atoms. The molecule has 6 aromatic rings. The van der Waals surface area contributed by atoms with Crippen LogP contribution in [0.25, 0.3) is 27.2 Å². The fourth-order valence-electron chi connectivity index (χ4n) is 6.19. The minimum absolute atomic E-state index is 0.0383. The number of aliphatic hydroxyl groups is 1. The van der Waals surface area contributed by atoms with Gasteiger partial charge in [0.15, 0.2) is 22.5 Å². The monoisotopic (exact) mass is 814 g/mol. The van der Waals surface area contributed by atoms with E-state index < -0.39 is 39.6 Å². The van der Waals surface area contributed by atoms with E-state index in [9.17, 15) is 35.5 Å². The van der Waals surface area contributed by atoms with Crippen LogP contribution in [0.4, 0.5) is 27.1 Å². The van der Waals surface area contributed by atoms with Gasteiger partial charge in [0.1, 0.15) is 18.5 Å². The molecule has 3 heterocycles. The van der Waals surface area contributed by atoms with Crippen molar-refractivity contribution in [2.24, 2.45) is 5.14 Å². The molecule has 1 saturated heterocycles. The van der Waals surface area contributed by atoms with Crippen LogP contribution < -0.4 is 14.8 Å². The molecular weight excluding hydrogens is 776 g/mol. The van der Waals surface area contributed by atoms with Gasteiger partial charge in [-0.25, -0.2) is 32.0 Å². The molecule has 0 aliphatic carbocycles. The van der Waals surface area contributed by atoms with Gasteiger partial charge in [0.05, 0.1) is 26.5 Å². The van der Waals surface area contributed by atoms with Crippen molar-refractivity contribution >= 4 is 36.7 Å². The Morgan fingerprint density at radius 2 is 1.64 bits per heavy atom. The number of piperidine rings is 1. The first-order valence-electron chi connectivity index (χ1n) is 17.5. The maximum absolute atomic E-state index is 13.2. The molecule has 0 radical (unpaired) electrons. The van der Waals surface area contributed by atoms with E-state index in [1.807, 2.05) is 25.1 Å². The van der Waals surface area contributed by atoms with Crippen LogP contribution in [0.2, 0.25) is 0 Å². The number of nitrogens with zero attached hydrogens (tertiary/aromatic N) is 5. The number of ether oxygens (including phenoxy) is 1. The van der Waals surface area contributed by atoms with Crippen molar-refractivity contribution in [2.45, 2.75) is 43.0 Å². The number of primary sulfonamides is 1. The Hall–Kier alpha value is -4.94. The van der Waals surface area contributed by atoms with E-state index in [1.165, 1.54) is 35.0 Å². The molecular formula is C39H39F5N6O4S2. The third kappa shape index (κ3) is 10.1. The van der Waals surface area contributed by atoms with Gasteiger partial charge in [-0.1, -0.05) is 53.3 Å². The molecule has 17 heteroatoms. The van der Waals surface area contributed by atoms with Crippen LogP contribution in [-0.4, -0.2) is 78.6 Å². The van der Waals surface area contributed by atoms with Crippen LogP contribution in [0, 0.1) is 18.6 Å². The molecule has 0 bridgehead atoms. The SMILES string of the molecule is CN(c1nc2ccccc2s1)C1CCN(C[C@H](O)COc2ccc(F)c(F)c2)CC1.Cc1ccc(-c2cc(C(F)(F)F)nn2-c2ccc(S(N)(=O)=O)cc2)cc1. The zero-order valence-corrected chi connectivity index (χ0v) is 32.0. The number of halogens is 5. The third-order valence-electron chi connectivity index (χ3n) is 9.25. The average Bonchev–Trinajstić information content (AvgIpc) is 3.82. The molecule has 0 saturated carbocycles. The average molecular weight is 815 g/mol. The van der Waals surface area contributed by atoms with Crippen LogP contribution in [0.5, 0.6) is 5.75 Å². The highest BCUT2D eigenvalue weighted by atomic mass is 32.2. The summed E-state index contributed by atoms with van der Waals surface area (Å²) in [6, 6.07) is 25.0. The van der Waals surface area contributed by atoms with Crippen molar-refractivity contribution in [3.05, 3.63) is 120 Å². The minimum Gasteiger partial charge on any atom is -0.491 e. The molecule has 2 aromatic heterocycles. The van der Waals surface area contributed by atoms with Crippen LogP contribution in [0.15, 0.2) is 102 Å². The van der Waals surface area contributed by atoms with Gasteiger partial charge < -0.3 is 19.6 Å². The summed E-state index contributed by atoms with van der Waals surface area (Å²) in [6.07, 6.45) is -3.32. The van der Waals surface area contributed by atoms with Gasteiger partial charge in [0.25, 0.3) is 0 Å². The van der Waals surface area contributed by atoms with Crippen molar-refractivity contribution in [3.63, 3.8) is 0 Å². The highest BCUT2D eigenvalue weighted by Crippen LogP contribution is 2.34. The van der Waals surface area contributed by atoms with Gasteiger partial charge in [0, 0.05) is 44.4 Å². The number of fused-ring (bicyclic) bond motifs is 1. The number of anilines is 1. The number of hydrogen-bond donors (Lipinski definition) is 2. The number of alkyl halides is 3. The standard InChI is InChI=1S/C22H25F2N3O2S.C17H14F3N3O2S/c1-26(22-25-20-4-2-3-5-21(20)30-22)15-8-10-27(11-9-15)13-16(28)14-29-17-6-7-18(23)19(24)12-17;1-11-2-4-12(5-3-11)15-10-16(17(18,19)20)22-23(15)13-6-8-14(9-7-13)26(21,24)25/h2-7,12,15-16,28H,8-11,13-14H2,1H3;2-10H,1H3,(H2,21,24,25)/t16-;/m0./s1. The van der Waals surface area contributed by atoms with E-state index in [-0.39, 0.29) is 28.6 Å². The van der Waals surface area contributed by atoms with Gasteiger partial charge in [-0.05, 0) is 74.4 Å². The Morgan fingerprint density at radius 1 is 0.964 bits per heavy atom. The molecule has 1 atom stereocenters. The maximum Gasteiger partial charge on any atom is 0.435 e. The van der Waals surface area contributed by atoms with Gasteiger partial charge in [0.2, 0.25) is 10.0 Å². The number of hydrogen-bond acceptors (Lipinski definition) is 9. The Bertz CT molecular complexity index is 2330. The summed E-state index contributed by atoms with van der Waals surface area (Å²) >= 11 is 1.71. The smallest absolute Gasteiger partial charge is 0.435 e. The second-order valence-corrected chi connectivity index (χ2v) is 15.9. The van der Waals surface area contributed by atoms with Gasteiger partial charge in [-0.15, -0.1) is 0 Å². The number of rotatable bonds is 10. The lowest BCUT2D eigenvalue weighted by molar-refractivity contribution is -0.141. The van der Waals surface area contributed by atoms with E-state index in [0.29, 0.717) is 18.2 Å². The summed E-state index contributed by atoms with van der Waals surface area (Å²) in [6.45, 7) is 4.15. The van der Waals surface area contributed by atoms with Crippen molar-refractivity contribution in [1.29, 1.82) is 0 Å². The Kier molecular flexibility index (Phi) is 12.4. The molecule has 7 rings (SSSR count). The van der Waals surface area contributed by atoms with Crippen molar-refractivity contribution in [2.75, 3.05) is 38.2 Å². The molecule has 1 fully saturated rings. The predicted molar refractivity (Wildman–Crippen MR) is 205 cm³/mol. The number of aryl methyl sites for hydroxylation is 1. The molecule has 0 amide bonds. The molecule has 4 aromatic carbocycles. The Labute approximate surface area is 324 Å². The lowest BCUT2D eigenvalue weighted by Gasteiger charge is -2.37. The number of nitrogens with two attached hydrogens (primary N) is 1. The number of β-amino-alcohol motifs (C(OH)–C–C–N with tert-alkyl or cyclic N) is 1. The zero-order chi connectivity index (χ0) is 40.2. The number of aromatic nitrogens is 3. The van der Waals surface area contributed by atoms with E-state index in [4.69, 9.17) is 14.9 Å². The van der Waals surface area contributed by atoms with Crippen LogP contribution in [0.3, 0.4) is 0 Å². The Balaban J connectivity index is 0.000000192. The topological polar surface area (TPSA) is 127 Å². The molecule has 10 nitrogen and oxygen atoms in total. The number of likely N-dealkylation sites (tertiary alicyclic amines) is 1. The first-order chi connectivity index (χ1) is 26.5. The highest BCUT2D eigenvalue weighted by Gasteiger charge is 2.35. The molecule has 1 aliphatic rings. The largest absolute Gasteiger partial charge is 0.491 e. The fraction of sp³-hybridized carbons (Fsp3) is 0.282. The summed E-state index contributed by atoms with van der Waals surface area (Å²) in [7, 11) is -1.80. The molecule has 3 N–H and O–H groups in total. The van der Waals surface area contributed by atoms with E-state index >= 15 is 0 Å². The summed E-state index contributed by atoms with van der Waals surface area (Å²) in [5.74, 6) is -1.66. The van der Waals surface area contributed by atoms with Crippen molar-refractivity contribution in [1.82, 2.24) is 19.7 Å². The van der Waals surface area contributed by atoms with Crippen molar-refractivity contribution < 1.29 is 40.2 Å². The highest BCUT2D eigenvalue weighted by molar-refractivity contribution is 7.89. The fourth-order valence-corrected chi connectivity index (χ4v) is 7.70. The van der Waals surface area contributed by atoms with Crippen LogP contribution >= 0.6 is 11.3 Å². The molecule has 0 spiro atoms. The zero-order valence-electron chi connectivity index (χ0n) is 30.3. The number of benzene rings is 4. The summed E-state index contributed by atoms with van der Waals surface area (Å²) in [4.78, 5) is 9.09. The molecule has 0 unspecified atom stereocenters. The van der Waals surface area contributed by atoms with E-state index in [1.54, 1.807) is 35.6 Å². The lowest BCUT2D eigenvalue weighted by atomic mass is 10.0. The van der Waals surface area contributed by atoms with Crippen LogP contribution in [0.1, 0.15) is 24.1 Å². The molecule has 1 aliphatic heterocycles. The normalized spacial score (nSPS) is 14.7. The minimum atomic E-state index is -4.61. The summed E-state index contributed by atoms with van der Waals surface area (Å²) in [5.41, 5.74) is 2.03. The van der Waals surface area contributed by atoms with E-state index in [2.05, 4.69) is 28.0 Å². The number of aliphatic hydroxyl groups excluding tert-OH is 1. The van der Waals surface area contributed by atoms with Crippen LogP contribution in [-0.2, 0) is 16.2 Å². The summed E-state index contributed by atoms with van der Waals surface area (Å²) in [5, 5.41) is 20.0. The lowest BCUT2D eigenvalue weighted by Crippen LogP contribution is -2.46. The number of para-hydroxylation sites is 1. The third-order valence-corrected chi connectivity index (χ3v) is 11.3. The second kappa shape index (κ2) is 17.1. The first kappa shape index (κ1) is 40.7. The first-order valence-corrected chi connectivity index (χ1v) is 19.9. The predicted octanol–water partition coefficient (Wildman–Crippen LogP) is 7.43. The van der Waals surface area contributed by atoms with Gasteiger partial charge >= 0.3 is 6.18 Å². The molecule has 296 valence electrons. The Morgan fingerprint density at radius 3 is 2.27 bits per heavy atom. The van der Waals surface area contributed by atoms with Crippen molar-refractivity contribution in [3.8, 4) is 22.7 Å². The number of thiazole rings is 1. The van der Waals surface area contributed by atoms with Gasteiger partial charge in [-0.3, -0.25) is 0 Å². The van der Waals surface area contributed by atoms with Gasteiger partial charge in [-0.2, -0.15) is 18.3 Å². The quantitative estimate of drug-likeness (QED) is 0.137. The summed E-state index contributed by atoms with van der Waals surface area (Å²) < 4.78 is 96.0. The number of sulfonamides is 1. The second-order valence-electron chi connectivity index (χ2n) is 13.4. The van der Waals surface area contributed by atoms with E-state index in [0.717, 1.165) is 65.0 Å².